The molecule has 12 N–H and O–H groups in total. The predicted octanol–water partition coefficient (Wildman–Crippen LogP) is 6.38. The van der Waals surface area contributed by atoms with Gasteiger partial charge in [-0.3, -0.25) is 4.79 Å². The molecule has 3 aliphatic heterocycles. The zero-order valence-corrected chi connectivity index (χ0v) is 48.9. The number of hydrogen-bond donors (Lipinski definition) is 12. The third kappa shape index (κ3) is 28.0. The molecule has 3 aliphatic rings. The molecule has 3 saturated heterocycles. The summed E-state index contributed by atoms with van der Waals surface area (Å²) in [5, 5.41) is 120. The Labute approximate surface area is 474 Å². The van der Waals surface area contributed by atoms with Crippen LogP contribution in [-0.2, 0) is 33.2 Å². The second kappa shape index (κ2) is 44.3. The van der Waals surface area contributed by atoms with Crippen LogP contribution in [0, 0.1) is 0 Å². The van der Waals surface area contributed by atoms with E-state index < -0.39 is 124 Å². The van der Waals surface area contributed by atoms with Gasteiger partial charge in [0, 0.05) is 6.42 Å². The molecule has 0 aliphatic carbocycles. The summed E-state index contributed by atoms with van der Waals surface area (Å²) in [5.74, 6) is -0.243. The molecule has 19 nitrogen and oxygen atoms in total. The second-order valence-corrected chi connectivity index (χ2v) is 23.2. The summed E-state index contributed by atoms with van der Waals surface area (Å²) in [7, 11) is 0. The molecule has 0 aromatic rings. The molecule has 0 radical (unpaired) electrons. The highest BCUT2D eigenvalue weighted by molar-refractivity contribution is 5.76. The quantitative estimate of drug-likeness (QED) is 0.0294. The van der Waals surface area contributed by atoms with Crippen LogP contribution in [-0.4, -0.2) is 193 Å². The summed E-state index contributed by atoms with van der Waals surface area (Å²) in [5.41, 5.74) is 0. The van der Waals surface area contributed by atoms with Crippen LogP contribution in [0.5, 0.6) is 0 Å². The van der Waals surface area contributed by atoms with Gasteiger partial charge in [-0.2, -0.15) is 0 Å². The smallest absolute Gasteiger partial charge is 0.220 e. The molecular formula is C60H115NO18. The van der Waals surface area contributed by atoms with Gasteiger partial charge in [-0.15, -0.1) is 0 Å². The molecular weight excluding hydrogens is 1020 g/mol. The van der Waals surface area contributed by atoms with Crippen molar-refractivity contribution in [3.8, 4) is 0 Å². The Morgan fingerprint density at radius 1 is 0.405 bits per heavy atom. The number of rotatable bonds is 48. The van der Waals surface area contributed by atoms with Crippen molar-refractivity contribution in [2.24, 2.45) is 0 Å². The SMILES string of the molecule is CCCCCCCCCCCCCCCCCCCCCCCCCCCCCCC(=O)NC(COC1OC(CO)C(OC2OC(CO)C(OC3OC(CO)C(O)C(O)C3O)C(O)C2O)C(O)C1O)C(O)CCCCCCCC. The number of aliphatic hydroxyl groups excluding tert-OH is 11. The Balaban J connectivity index is 1.33. The summed E-state index contributed by atoms with van der Waals surface area (Å²) >= 11 is 0. The first-order valence-electron chi connectivity index (χ1n) is 31.8. The van der Waals surface area contributed by atoms with Crippen LogP contribution < -0.4 is 5.32 Å². The minimum atomic E-state index is -1.97. The van der Waals surface area contributed by atoms with Crippen molar-refractivity contribution in [1.82, 2.24) is 5.32 Å². The standard InChI is InChI=1S/C60H115NO18/c1-3-5-7-9-11-12-13-14-15-16-17-18-19-20-21-22-23-24-25-26-27-28-29-30-31-32-34-36-38-48(66)61-43(44(65)37-35-33-10-8-6-4-2)42-74-58-54(72)51(69)56(46(40-63)76-58)79-60-55(73)52(70)57(47(41-64)77-60)78-59-53(71)50(68)49(67)45(39-62)75-59/h43-47,49-60,62-65,67-73H,3-42H2,1-2H3,(H,61,66). The van der Waals surface area contributed by atoms with Crippen LogP contribution in [0.1, 0.15) is 245 Å². The van der Waals surface area contributed by atoms with E-state index in [1.54, 1.807) is 0 Å². The van der Waals surface area contributed by atoms with Gasteiger partial charge < -0.3 is 89.9 Å². The minimum Gasteiger partial charge on any atom is -0.394 e. The average molecular weight is 1140 g/mol. The zero-order valence-electron chi connectivity index (χ0n) is 48.9. The van der Waals surface area contributed by atoms with E-state index in [0.717, 1.165) is 57.8 Å². The first kappa shape index (κ1) is 72.1. The van der Waals surface area contributed by atoms with Gasteiger partial charge in [0.05, 0.1) is 38.6 Å². The number of ether oxygens (including phenoxy) is 6. The van der Waals surface area contributed by atoms with Crippen molar-refractivity contribution in [1.29, 1.82) is 0 Å². The van der Waals surface area contributed by atoms with Gasteiger partial charge in [0.1, 0.15) is 73.2 Å². The van der Waals surface area contributed by atoms with Crippen LogP contribution in [0.4, 0.5) is 0 Å². The number of unbranched alkanes of at least 4 members (excludes halogenated alkanes) is 32. The van der Waals surface area contributed by atoms with E-state index in [-0.39, 0.29) is 18.9 Å². The van der Waals surface area contributed by atoms with Gasteiger partial charge in [-0.05, 0) is 12.8 Å². The number of aliphatic hydroxyl groups is 11. The van der Waals surface area contributed by atoms with Crippen molar-refractivity contribution in [2.75, 3.05) is 26.4 Å². The summed E-state index contributed by atoms with van der Waals surface area (Å²) in [6.45, 7) is 1.73. The fraction of sp³-hybridized carbons (Fsp3) is 0.983. The number of carbonyl (C=O) groups is 1. The van der Waals surface area contributed by atoms with E-state index in [2.05, 4.69) is 19.2 Å². The summed E-state index contributed by atoms with van der Waals surface area (Å²) in [6.07, 6.45) is 17.0. The predicted molar refractivity (Wildman–Crippen MR) is 300 cm³/mol. The van der Waals surface area contributed by atoms with E-state index in [1.807, 2.05) is 0 Å². The first-order chi connectivity index (χ1) is 38.3. The van der Waals surface area contributed by atoms with Gasteiger partial charge >= 0.3 is 0 Å². The van der Waals surface area contributed by atoms with Gasteiger partial charge in [-0.1, -0.05) is 226 Å². The molecule has 0 spiro atoms. The molecule has 0 aromatic carbocycles. The van der Waals surface area contributed by atoms with Crippen LogP contribution in [0.2, 0.25) is 0 Å². The van der Waals surface area contributed by atoms with E-state index in [1.165, 1.54) is 154 Å². The fourth-order valence-electron chi connectivity index (χ4n) is 11.2. The molecule has 0 saturated carbocycles. The number of hydrogen-bond acceptors (Lipinski definition) is 18. The number of carbonyl (C=O) groups excluding carboxylic acids is 1. The van der Waals surface area contributed by atoms with Gasteiger partial charge in [0.15, 0.2) is 18.9 Å². The number of nitrogens with one attached hydrogen (secondary N) is 1. The van der Waals surface area contributed by atoms with E-state index in [9.17, 15) is 61.0 Å². The monoisotopic (exact) mass is 1140 g/mol. The Kier molecular flexibility index (Phi) is 40.4. The highest BCUT2D eigenvalue weighted by Gasteiger charge is 2.53. The van der Waals surface area contributed by atoms with E-state index >= 15 is 0 Å². The molecule has 17 unspecified atom stereocenters. The normalized spacial score (nSPS) is 30.2. The Morgan fingerprint density at radius 3 is 1.10 bits per heavy atom. The molecule has 79 heavy (non-hydrogen) atoms. The van der Waals surface area contributed by atoms with Crippen molar-refractivity contribution < 1.29 is 89.4 Å². The second-order valence-electron chi connectivity index (χ2n) is 23.2. The van der Waals surface area contributed by atoms with E-state index in [4.69, 9.17) is 28.4 Å². The molecule has 0 bridgehead atoms. The third-order valence-electron chi connectivity index (χ3n) is 16.4. The topological polar surface area (TPSA) is 307 Å². The summed E-state index contributed by atoms with van der Waals surface area (Å²) in [4.78, 5) is 13.3. The van der Waals surface area contributed by atoms with E-state index in [0.29, 0.717) is 12.8 Å². The maximum Gasteiger partial charge on any atom is 0.220 e. The molecule has 3 rings (SSSR count). The molecule has 468 valence electrons. The lowest BCUT2D eigenvalue weighted by molar-refractivity contribution is -0.379. The lowest BCUT2D eigenvalue weighted by Crippen LogP contribution is -2.66. The van der Waals surface area contributed by atoms with Crippen molar-refractivity contribution in [2.45, 2.75) is 349 Å². The highest BCUT2D eigenvalue weighted by atomic mass is 16.8. The maximum absolute atomic E-state index is 13.3. The van der Waals surface area contributed by atoms with Gasteiger partial charge in [0.25, 0.3) is 0 Å². The Bertz CT molecular complexity index is 1450. The van der Waals surface area contributed by atoms with Crippen LogP contribution in [0.25, 0.3) is 0 Å². The molecule has 3 fully saturated rings. The van der Waals surface area contributed by atoms with Crippen LogP contribution >= 0.6 is 0 Å². The Hall–Kier alpha value is -1.21. The van der Waals surface area contributed by atoms with Crippen LogP contribution in [0.3, 0.4) is 0 Å². The summed E-state index contributed by atoms with van der Waals surface area (Å²) in [6, 6.07) is -0.878. The largest absolute Gasteiger partial charge is 0.394 e. The average Bonchev–Trinajstić information content (AvgIpc) is 3.47. The van der Waals surface area contributed by atoms with Crippen molar-refractivity contribution >= 4 is 5.91 Å². The minimum absolute atomic E-state index is 0.243. The van der Waals surface area contributed by atoms with Gasteiger partial charge in [-0.25, -0.2) is 0 Å². The third-order valence-corrected chi connectivity index (χ3v) is 16.4. The van der Waals surface area contributed by atoms with Crippen molar-refractivity contribution in [3.63, 3.8) is 0 Å². The molecule has 0 aromatic heterocycles. The lowest BCUT2D eigenvalue weighted by atomic mass is 9.96. The molecule has 1 amide bonds. The Morgan fingerprint density at radius 2 is 0.722 bits per heavy atom. The van der Waals surface area contributed by atoms with Crippen molar-refractivity contribution in [3.05, 3.63) is 0 Å². The zero-order chi connectivity index (χ0) is 57.6. The lowest BCUT2D eigenvalue weighted by Gasteiger charge is -2.48. The first-order valence-corrected chi connectivity index (χ1v) is 31.8. The molecule has 19 heteroatoms. The highest BCUT2D eigenvalue weighted by Crippen LogP contribution is 2.33. The fourth-order valence-corrected chi connectivity index (χ4v) is 11.2. The maximum atomic E-state index is 13.3. The molecule has 3 heterocycles. The molecule has 17 atom stereocenters. The summed E-state index contributed by atoms with van der Waals surface area (Å²) < 4.78 is 34.2. The number of amides is 1. The van der Waals surface area contributed by atoms with Crippen LogP contribution in [0.15, 0.2) is 0 Å². The van der Waals surface area contributed by atoms with Gasteiger partial charge in [0.2, 0.25) is 5.91 Å².